The van der Waals surface area contributed by atoms with Crippen LogP contribution < -0.4 is 5.73 Å². The maximum atomic E-state index is 6.35. The Morgan fingerprint density at radius 2 is 2.05 bits per heavy atom. The van der Waals surface area contributed by atoms with Gasteiger partial charge < -0.3 is 5.73 Å². The molecule has 1 aliphatic rings. The van der Waals surface area contributed by atoms with Crippen molar-refractivity contribution in [2.75, 3.05) is 0 Å². The Morgan fingerprint density at radius 3 is 2.80 bits per heavy atom. The summed E-state index contributed by atoms with van der Waals surface area (Å²) in [4.78, 5) is 6.20. The lowest BCUT2D eigenvalue weighted by molar-refractivity contribution is 0.282. The van der Waals surface area contributed by atoms with E-state index < -0.39 is 0 Å². The van der Waals surface area contributed by atoms with Gasteiger partial charge in [-0.2, -0.15) is 0 Å². The normalized spacial score (nSPS) is 20.8. The number of aromatic nitrogens is 1. The lowest BCUT2D eigenvalue weighted by atomic mass is 9.77. The van der Waals surface area contributed by atoms with Gasteiger partial charge in [0.25, 0.3) is 0 Å². The SMILES string of the molecule is Cc1cccc(-c2nc3c(s2)C(N)CC(C)(C)C3)c1C. The second kappa shape index (κ2) is 4.68. The number of nitrogens with zero attached hydrogens (tertiary/aromatic N) is 1. The molecule has 0 saturated heterocycles. The van der Waals surface area contributed by atoms with Crippen LogP contribution in [0.1, 0.15) is 48.0 Å². The van der Waals surface area contributed by atoms with Crippen LogP contribution in [0.4, 0.5) is 0 Å². The molecule has 1 aliphatic carbocycles. The number of thiazole rings is 1. The molecule has 0 fully saturated rings. The van der Waals surface area contributed by atoms with E-state index in [0.29, 0.717) is 0 Å². The van der Waals surface area contributed by atoms with Gasteiger partial charge in [0.15, 0.2) is 0 Å². The second-order valence-corrected chi connectivity index (χ2v) is 7.76. The zero-order valence-electron chi connectivity index (χ0n) is 12.7. The van der Waals surface area contributed by atoms with Crippen LogP contribution in [-0.4, -0.2) is 4.98 Å². The Balaban J connectivity index is 2.08. The lowest BCUT2D eigenvalue weighted by Gasteiger charge is -2.32. The molecular weight excluding hydrogens is 264 g/mol. The highest BCUT2D eigenvalue weighted by atomic mass is 32.1. The smallest absolute Gasteiger partial charge is 0.124 e. The third-order valence-corrected chi connectivity index (χ3v) is 5.58. The van der Waals surface area contributed by atoms with Crippen LogP contribution >= 0.6 is 11.3 Å². The second-order valence-electron chi connectivity index (χ2n) is 6.73. The van der Waals surface area contributed by atoms with E-state index in [4.69, 9.17) is 10.7 Å². The topological polar surface area (TPSA) is 38.9 Å². The highest BCUT2D eigenvalue weighted by Gasteiger charge is 2.33. The maximum Gasteiger partial charge on any atom is 0.124 e. The average molecular weight is 286 g/mol. The average Bonchev–Trinajstić information content (AvgIpc) is 2.75. The van der Waals surface area contributed by atoms with Gasteiger partial charge in [0, 0.05) is 16.5 Å². The zero-order valence-corrected chi connectivity index (χ0v) is 13.5. The Hall–Kier alpha value is -1.19. The predicted molar refractivity (Wildman–Crippen MR) is 86.1 cm³/mol. The Bertz CT molecular complexity index is 655. The minimum Gasteiger partial charge on any atom is -0.323 e. The molecule has 1 heterocycles. The molecule has 3 heteroatoms. The van der Waals surface area contributed by atoms with Crippen molar-refractivity contribution < 1.29 is 0 Å². The van der Waals surface area contributed by atoms with Gasteiger partial charge in [-0.05, 0) is 43.2 Å². The van der Waals surface area contributed by atoms with Crippen LogP contribution in [0, 0.1) is 19.3 Å². The summed E-state index contributed by atoms with van der Waals surface area (Å²) >= 11 is 1.78. The fourth-order valence-electron chi connectivity index (χ4n) is 3.09. The van der Waals surface area contributed by atoms with Gasteiger partial charge in [-0.3, -0.25) is 0 Å². The van der Waals surface area contributed by atoms with E-state index in [0.717, 1.165) is 17.8 Å². The number of hydrogen-bond donors (Lipinski definition) is 1. The van der Waals surface area contributed by atoms with E-state index in [1.165, 1.54) is 27.3 Å². The summed E-state index contributed by atoms with van der Waals surface area (Å²) in [6.07, 6.45) is 2.09. The zero-order chi connectivity index (χ0) is 14.5. The minimum absolute atomic E-state index is 0.144. The van der Waals surface area contributed by atoms with Crippen LogP contribution in [0.3, 0.4) is 0 Å². The summed E-state index contributed by atoms with van der Waals surface area (Å²) < 4.78 is 0. The summed E-state index contributed by atoms with van der Waals surface area (Å²) in [6.45, 7) is 8.90. The first-order chi connectivity index (χ1) is 9.37. The van der Waals surface area contributed by atoms with E-state index in [1.54, 1.807) is 11.3 Å². The Morgan fingerprint density at radius 1 is 1.30 bits per heavy atom. The van der Waals surface area contributed by atoms with E-state index in [1.807, 2.05) is 0 Å². The van der Waals surface area contributed by atoms with E-state index in [9.17, 15) is 0 Å². The Labute approximate surface area is 125 Å². The maximum absolute atomic E-state index is 6.35. The minimum atomic E-state index is 0.144. The third-order valence-electron chi connectivity index (χ3n) is 4.32. The van der Waals surface area contributed by atoms with Gasteiger partial charge in [-0.1, -0.05) is 32.0 Å². The van der Waals surface area contributed by atoms with Gasteiger partial charge in [-0.25, -0.2) is 4.98 Å². The first-order valence-corrected chi connectivity index (χ1v) is 8.01. The highest BCUT2D eigenvalue weighted by molar-refractivity contribution is 7.15. The summed E-state index contributed by atoms with van der Waals surface area (Å²) in [6, 6.07) is 6.58. The van der Waals surface area contributed by atoms with Crippen LogP contribution in [0.15, 0.2) is 18.2 Å². The molecule has 0 saturated carbocycles. The predicted octanol–water partition coefficient (Wildman–Crippen LogP) is 4.40. The molecule has 0 radical (unpaired) electrons. The molecule has 0 spiro atoms. The fraction of sp³-hybridized carbons (Fsp3) is 0.471. The number of nitrogens with two attached hydrogens (primary N) is 1. The molecule has 0 bridgehead atoms. The van der Waals surface area contributed by atoms with Crippen LogP contribution in [0.2, 0.25) is 0 Å². The van der Waals surface area contributed by atoms with Gasteiger partial charge in [0.2, 0.25) is 0 Å². The number of rotatable bonds is 1. The Kier molecular flexibility index (Phi) is 3.22. The van der Waals surface area contributed by atoms with Crippen molar-refractivity contribution >= 4 is 11.3 Å². The molecule has 1 aromatic heterocycles. The molecule has 20 heavy (non-hydrogen) atoms. The molecule has 1 aromatic carbocycles. The van der Waals surface area contributed by atoms with Gasteiger partial charge >= 0.3 is 0 Å². The van der Waals surface area contributed by atoms with Crippen LogP contribution in [0.5, 0.6) is 0 Å². The molecule has 2 N–H and O–H groups in total. The van der Waals surface area contributed by atoms with Gasteiger partial charge in [-0.15, -0.1) is 11.3 Å². The van der Waals surface area contributed by atoms with E-state index >= 15 is 0 Å². The largest absolute Gasteiger partial charge is 0.323 e. The van der Waals surface area contributed by atoms with Crippen molar-refractivity contribution in [2.45, 2.75) is 46.6 Å². The summed E-state index contributed by atoms with van der Waals surface area (Å²) in [7, 11) is 0. The molecule has 1 unspecified atom stereocenters. The summed E-state index contributed by atoms with van der Waals surface area (Å²) in [5.41, 5.74) is 11.7. The molecule has 2 aromatic rings. The van der Waals surface area contributed by atoms with Crippen LogP contribution in [-0.2, 0) is 6.42 Å². The monoisotopic (exact) mass is 286 g/mol. The van der Waals surface area contributed by atoms with Crippen molar-refractivity contribution in [1.29, 1.82) is 0 Å². The molecular formula is C17H22N2S. The van der Waals surface area contributed by atoms with Gasteiger partial charge in [0.05, 0.1) is 5.69 Å². The fourth-order valence-corrected chi connectivity index (χ4v) is 4.26. The van der Waals surface area contributed by atoms with Crippen molar-refractivity contribution in [2.24, 2.45) is 11.1 Å². The van der Waals surface area contributed by atoms with Crippen molar-refractivity contribution in [3.8, 4) is 10.6 Å². The van der Waals surface area contributed by atoms with Crippen molar-refractivity contribution in [3.63, 3.8) is 0 Å². The van der Waals surface area contributed by atoms with E-state index in [-0.39, 0.29) is 11.5 Å². The molecule has 0 aliphatic heterocycles. The number of hydrogen-bond acceptors (Lipinski definition) is 3. The number of aryl methyl sites for hydroxylation is 1. The van der Waals surface area contributed by atoms with Gasteiger partial charge in [0.1, 0.15) is 5.01 Å². The lowest BCUT2D eigenvalue weighted by Crippen LogP contribution is -2.28. The summed E-state index contributed by atoms with van der Waals surface area (Å²) in [5.74, 6) is 0. The highest BCUT2D eigenvalue weighted by Crippen LogP contribution is 2.44. The number of fused-ring (bicyclic) bond motifs is 1. The van der Waals surface area contributed by atoms with E-state index in [2.05, 4.69) is 45.9 Å². The molecule has 1 atom stereocenters. The van der Waals surface area contributed by atoms with Crippen molar-refractivity contribution in [1.82, 2.24) is 4.98 Å². The molecule has 106 valence electrons. The summed E-state index contributed by atoms with van der Waals surface area (Å²) in [5, 5.41) is 1.13. The first kappa shape index (κ1) is 13.8. The standard InChI is InChI=1S/C17H22N2S/c1-10-6-5-7-12(11(10)2)16-19-14-9-17(3,4)8-13(18)15(14)20-16/h5-7,13H,8-9,18H2,1-4H3. The molecule has 0 amide bonds. The first-order valence-electron chi connectivity index (χ1n) is 7.19. The third kappa shape index (κ3) is 2.29. The molecule has 2 nitrogen and oxygen atoms in total. The van der Waals surface area contributed by atoms with Crippen molar-refractivity contribution in [3.05, 3.63) is 39.9 Å². The molecule has 3 rings (SSSR count). The van der Waals surface area contributed by atoms with Crippen LogP contribution in [0.25, 0.3) is 10.6 Å². The number of benzene rings is 1. The quantitative estimate of drug-likeness (QED) is 0.844.